The van der Waals surface area contributed by atoms with Gasteiger partial charge in [-0.15, -0.1) is 13.2 Å². The lowest BCUT2D eigenvalue weighted by Gasteiger charge is -2.17. The zero-order chi connectivity index (χ0) is 19.3. The third kappa shape index (κ3) is 5.79. The van der Waals surface area contributed by atoms with Crippen molar-refractivity contribution in [3.63, 3.8) is 0 Å². The number of alkyl halides is 3. The first-order chi connectivity index (χ1) is 12.2. The Morgan fingerprint density at radius 2 is 1.65 bits per heavy atom. The van der Waals surface area contributed by atoms with Gasteiger partial charge in [-0.05, 0) is 42.5 Å². The summed E-state index contributed by atoms with van der Waals surface area (Å²) in [5, 5.41) is 2.51. The Morgan fingerprint density at radius 3 is 2.23 bits per heavy atom. The first-order valence-electron chi connectivity index (χ1n) is 8.40. The van der Waals surface area contributed by atoms with E-state index in [0.717, 1.165) is 18.1 Å². The van der Waals surface area contributed by atoms with Crippen molar-refractivity contribution in [2.45, 2.75) is 39.5 Å². The maximum atomic E-state index is 12.5. The fraction of sp³-hybridized carbons (Fsp3) is 0.350. The van der Waals surface area contributed by atoms with E-state index in [1.807, 2.05) is 24.3 Å². The third-order valence-corrected chi connectivity index (χ3v) is 3.89. The lowest BCUT2D eigenvalue weighted by molar-refractivity contribution is -0.274. The molecule has 0 saturated heterocycles. The number of ether oxygens (including phenoxy) is 1. The molecule has 1 amide bonds. The molecular weight excluding hydrogens is 343 g/mol. The number of carbonyl (C=O) groups is 1. The number of para-hydroxylation sites is 2. The molecule has 26 heavy (non-hydrogen) atoms. The van der Waals surface area contributed by atoms with Crippen LogP contribution >= 0.6 is 0 Å². The van der Waals surface area contributed by atoms with Gasteiger partial charge in [0.25, 0.3) is 0 Å². The minimum Gasteiger partial charge on any atom is -0.404 e. The minimum absolute atomic E-state index is 0.0156. The second-order valence-corrected chi connectivity index (χ2v) is 6.59. The zero-order valence-corrected chi connectivity index (χ0v) is 14.9. The number of carbonyl (C=O) groups excluding carboxylic acids is 1. The molecule has 3 nitrogen and oxygen atoms in total. The number of halogens is 3. The molecule has 2 aromatic rings. The van der Waals surface area contributed by atoms with E-state index in [2.05, 4.69) is 23.9 Å². The van der Waals surface area contributed by atoms with Gasteiger partial charge in [0.15, 0.2) is 5.75 Å². The van der Waals surface area contributed by atoms with Crippen LogP contribution in [0.5, 0.6) is 5.75 Å². The molecule has 0 fully saturated rings. The largest absolute Gasteiger partial charge is 0.573 e. The molecular formula is C20H22F3NO2. The summed E-state index contributed by atoms with van der Waals surface area (Å²) in [6.45, 7) is 5.97. The lowest BCUT2D eigenvalue weighted by atomic mass is 9.96. The van der Waals surface area contributed by atoms with Gasteiger partial charge < -0.3 is 10.1 Å². The Labute approximate surface area is 151 Å². The van der Waals surface area contributed by atoms with E-state index >= 15 is 0 Å². The van der Waals surface area contributed by atoms with Crippen molar-refractivity contribution >= 4 is 11.6 Å². The summed E-state index contributed by atoms with van der Waals surface area (Å²) >= 11 is 0. The maximum Gasteiger partial charge on any atom is 0.573 e. The van der Waals surface area contributed by atoms with Gasteiger partial charge >= 0.3 is 6.36 Å². The molecule has 0 aliphatic heterocycles. The zero-order valence-electron chi connectivity index (χ0n) is 14.9. The summed E-state index contributed by atoms with van der Waals surface area (Å²) in [5.74, 6) is -0.818. The van der Waals surface area contributed by atoms with Crippen LogP contribution in [0.2, 0.25) is 0 Å². The smallest absolute Gasteiger partial charge is 0.404 e. The Balaban J connectivity index is 2.10. The van der Waals surface area contributed by atoms with Crippen molar-refractivity contribution in [3.05, 3.63) is 59.7 Å². The van der Waals surface area contributed by atoms with Gasteiger partial charge in [0.05, 0.1) is 11.6 Å². The Morgan fingerprint density at radius 1 is 1.04 bits per heavy atom. The molecule has 2 rings (SSSR count). The van der Waals surface area contributed by atoms with Crippen LogP contribution in [0, 0.1) is 5.92 Å². The van der Waals surface area contributed by atoms with Crippen LogP contribution in [0.25, 0.3) is 0 Å². The average molecular weight is 365 g/mol. The first kappa shape index (κ1) is 19.8. The molecule has 0 bridgehead atoms. The van der Waals surface area contributed by atoms with Gasteiger partial charge in [0, 0.05) is 0 Å². The predicted molar refractivity (Wildman–Crippen MR) is 95.2 cm³/mol. The van der Waals surface area contributed by atoms with Gasteiger partial charge in [-0.2, -0.15) is 0 Å². The van der Waals surface area contributed by atoms with Gasteiger partial charge in [-0.25, -0.2) is 0 Å². The normalized spacial score (nSPS) is 12.7. The molecule has 0 aromatic heterocycles. The average Bonchev–Trinajstić information content (AvgIpc) is 2.55. The van der Waals surface area contributed by atoms with E-state index in [0.29, 0.717) is 5.92 Å². The van der Waals surface area contributed by atoms with Crippen molar-refractivity contribution in [1.82, 2.24) is 0 Å². The van der Waals surface area contributed by atoms with Crippen molar-refractivity contribution in [2.75, 3.05) is 5.32 Å². The number of benzene rings is 2. The highest BCUT2D eigenvalue weighted by molar-refractivity contribution is 5.96. The van der Waals surface area contributed by atoms with Crippen molar-refractivity contribution in [3.8, 4) is 5.75 Å². The Bertz CT molecular complexity index is 739. The monoisotopic (exact) mass is 365 g/mol. The van der Waals surface area contributed by atoms with E-state index in [1.54, 1.807) is 6.92 Å². The number of nitrogens with one attached hydrogen (secondary N) is 1. The SMILES string of the molecule is CC(C)Cc1ccc(C(C)C(=O)Nc2ccccc2OC(F)(F)F)cc1. The van der Waals surface area contributed by atoms with E-state index in [4.69, 9.17) is 0 Å². The quantitative estimate of drug-likeness (QED) is 0.731. The van der Waals surface area contributed by atoms with Crippen molar-refractivity contribution in [1.29, 1.82) is 0 Å². The Hall–Kier alpha value is -2.50. The number of hydrogen-bond acceptors (Lipinski definition) is 2. The standard InChI is InChI=1S/C20H22F3NO2/c1-13(2)12-15-8-10-16(11-9-15)14(3)19(25)24-17-6-4-5-7-18(17)26-20(21,22)23/h4-11,13-14H,12H2,1-3H3,(H,24,25). The number of hydrogen-bond donors (Lipinski definition) is 1. The van der Waals surface area contributed by atoms with Crippen LogP contribution in [0.1, 0.15) is 37.8 Å². The molecule has 1 atom stereocenters. The molecule has 1 unspecified atom stereocenters. The molecule has 1 N–H and O–H groups in total. The summed E-state index contributed by atoms with van der Waals surface area (Å²) in [6.07, 6.45) is -3.87. The van der Waals surface area contributed by atoms with Crippen LogP contribution < -0.4 is 10.1 Å². The van der Waals surface area contributed by atoms with Crippen molar-refractivity contribution < 1.29 is 22.7 Å². The van der Waals surface area contributed by atoms with E-state index in [9.17, 15) is 18.0 Å². The van der Waals surface area contributed by atoms with E-state index in [-0.39, 0.29) is 5.69 Å². The molecule has 0 saturated carbocycles. The second kappa shape index (κ2) is 8.25. The maximum absolute atomic E-state index is 12.5. The molecule has 0 aliphatic rings. The van der Waals surface area contributed by atoms with E-state index < -0.39 is 23.9 Å². The molecule has 0 heterocycles. The fourth-order valence-electron chi connectivity index (χ4n) is 2.59. The highest BCUT2D eigenvalue weighted by Gasteiger charge is 2.32. The molecule has 0 radical (unpaired) electrons. The molecule has 0 spiro atoms. The van der Waals surface area contributed by atoms with Crippen LogP contribution in [0.15, 0.2) is 48.5 Å². The topological polar surface area (TPSA) is 38.3 Å². The second-order valence-electron chi connectivity index (χ2n) is 6.59. The van der Waals surface area contributed by atoms with Crippen LogP contribution in [0.4, 0.5) is 18.9 Å². The molecule has 2 aromatic carbocycles. The summed E-state index contributed by atoms with van der Waals surface area (Å²) < 4.78 is 41.4. The number of rotatable bonds is 6. The summed E-state index contributed by atoms with van der Waals surface area (Å²) in [4.78, 5) is 12.4. The van der Waals surface area contributed by atoms with Gasteiger partial charge in [0.2, 0.25) is 5.91 Å². The highest BCUT2D eigenvalue weighted by Crippen LogP contribution is 2.31. The predicted octanol–water partition coefficient (Wildman–Crippen LogP) is 5.53. The molecule has 0 aliphatic carbocycles. The minimum atomic E-state index is -4.82. The lowest BCUT2D eigenvalue weighted by Crippen LogP contribution is -2.22. The van der Waals surface area contributed by atoms with Crippen molar-refractivity contribution in [2.24, 2.45) is 5.92 Å². The Kier molecular flexibility index (Phi) is 6.29. The fourth-order valence-corrected chi connectivity index (χ4v) is 2.59. The number of amides is 1. The first-order valence-corrected chi connectivity index (χ1v) is 8.40. The van der Waals surface area contributed by atoms with E-state index in [1.165, 1.54) is 23.8 Å². The molecule has 6 heteroatoms. The highest BCUT2D eigenvalue weighted by atomic mass is 19.4. The van der Waals surface area contributed by atoms with Gasteiger partial charge in [0.1, 0.15) is 0 Å². The van der Waals surface area contributed by atoms with Crippen LogP contribution in [-0.2, 0) is 11.2 Å². The number of anilines is 1. The third-order valence-electron chi connectivity index (χ3n) is 3.89. The van der Waals surface area contributed by atoms with Crippen LogP contribution in [-0.4, -0.2) is 12.3 Å². The summed E-state index contributed by atoms with van der Waals surface area (Å²) in [7, 11) is 0. The van der Waals surface area contributed by atoms with Gasteiger partial charge in [-0.1, -0.05) is 50.2 Å². The van der Waals surface area contributed by atoms with Crippen LogP contribution in [0.3, 0.4) is 0 Å². The van der Waals surface area contributed by atoms with Gasteiger partial charge in [-0.3, -0.25) is 4.79 Å². The summed E-state index contributed by atoms with van der Waals surface area (Å²) in [6, 6.07) is 13.2. The molecule has 140 valence electrons. The summed E-state index contributed by atoms with van der Waals surface area (Å²) in [5.41, 5.74) is 1.96.